The number of hydrogen-bond donors (Lipinski definition) is 0. The summed E-state index contributed by atoms with van der Waals surface area (Å²) < 4.78 is -0.534. The SMILES string of the molecule is ClC(Cl)[SiH](Cl)Cl. The first-order valence-corrected chi connectivity index (χ1v) is 6.24. The van der Waals surface area contributed by atoms with E-state index in [1.54, 1.807) is 0 Å². The van der Waals surface area contributed by atoms with Crippen LogP contribution in [0.15, 0.2) is 0 Å². The minimum absolute atomic E-state index is 0.534. The summed E-state index contributed by atoms with van der Waals surface area (Å²) >= 11 is 20.9. The minimum atomic E-state index is -1.77. The molecule has 5 heteroatoms. The summed E-state index contributed by atoms with van der Waals surface area (Å²) in [7, 11) is -1.77. The standard InChI is InChI=1S/CH2Cl4Si/c2-1(3)6(4)5/h1,6H. The lowest BCUT2D eigenvalue weighted by molar-refractivity contribution is 1.92. The molecular formula is CH2Cl4Si. The third-order valence-corrected chi connectivity index (χ3v) is 5.14. The molecule has 0 aliphatic carbocycles. The van der Waals surface area contributed by atoms with Crippen molar-refractivity contribution in [1.82, 2.24) is 0 Å². The van der Waals surface area contributed by atoms with Crippen LogP contribution in [0.5, 0.6) is 0 Å². The third kappa shape index (κ3) is 3.56. The molecule has 0 saturated carbocycles. The van der Waals surface area contributed by atoms with Crippen LogP contribution in [0.25, 0.3) is 0 Å². The molecule has 0 amide bonds. The Morgan fingerprint density at radius 3 is 1.33 bits per heavy atom. The molecule has 0 aromatic carbocycles. The van der Waals surface area contributed by atoms with E-state index in [-0.39, 0.29) is 0 Å². The topological polar surface area (TPSA) is 0 Å². The maximum atomic E-state index is 5.25. The lowest BCUT2D eigenvalue weighted by Crippen LogP contribution is -2.03. The number of halogens is 4. The zero-order chi connectivity index (χ0) is 5.15. The van der Waals surface area contributed by atoms with Crippen LogP contribution in [0, 0.1) is 0 Å². The third-order valence-electron chi connectivity index (χ3n) is 0.190. The van der Waals surface area contributed by atoms with Gasteiger partial charge in [-0.15, -0.1) is 45.4 Å². The fourth-order valence-corrected chi connectivity index (χ4v) is 0. The van der Waals surface area contributed by atoms with E-state index in [4.69, 9.17) is 45.4 Å². The average Bonchev–Trinajstić information content (AvgIpc) is 1.36. The van der Waals surface area contributed by atoms with Crippen LogP contribution >= 0.6 is 45.4 Å². The van der Waals surface area contributed by atoms with Gasteiger partial charge >= 0.3 is 0 Å². The smallest absolute Gasteiger partial charge is 0.147 e. The van der Waals surface area contributed by atoms with Gasteiger partial charge in [-0.25, -0.2) is 0 Å². The lowest BCUT2D eigenvalue weighted by atomic mass is 11.9. The Labute approximate surface area is 57.3 Å². The van der Waals surface area contributed by atoms with Crippen molar-refractivity contribution in [2.24, 2.45) is 0 Å². The van der Waals surface area contributed by atoms with Crippen molar-refractivity contribution in [3.8, 4) is 0 Å². The Bertz CT molecular complexity index is 28.5. The Hall–Kier alpha value is 1.38. The van der Waals surface area contributed by atoms with E-state index in [1.807, 2.05) is 0 Å². The molecule has 0 saturated heterocycles. The molecule has 0 nitrogen and oxygen atoms in total. The van der Waals surface area contributed by atoms with Crippen LogP contribution in [0.4, 0.5) is 0 Å². The number of alkyl halides is 2. The van der Waals surface area contributed by atoms with Crippen molar-refractivity contribution in [3.05, 3.63) is 0 Å². The molecule has 0 aliphatic rings. The predicted molar refractivity (Wildman–Crippen MR) is 34.3 cm³/mol. The Morgan fingerprint density at radius 2 is 1.33 bits per heavy atom. The summed E-state index contributed by atoms with van der Waals surface area (Å²) in [5, 5.41) is 0. The molecule has 0 unspecified atom stereocenters. The summed E-state index contributed by atoms with van der Waals surface area (Å²) in [6, 6.07) is 0. The van der Waals surface area contributed by atoms with E-state index in [0.717, 1.165) is 0 Å². The Balaban J connectivity index is 2.99. The van der Waals surface area contributed by atoms with E-state index >= 15 is 0 Å². The zero-order valence-electron chi connectivity index (χ0n) is 2.67. The van der Waals surface area contributed by atoms with Crippen molar-refractivity contribution in [2.75, 3.05) is 0 Å². The molecule has 0 bridgehead atoms. The molecule has 38 valence electrons. The monoisotopic (exact) mass is 182 g/mol. The molecule has 0 radical (unpaired) electrons. The molecule has 0 spiro atoms. The molecule has 0 fully saturated rings. The predicted octanol–water partition coefficient (Wildman–Crippen LogP) is 2.03. The molecule has 0 heterocycles. The summed E-state index contributed by atoms with van der Waals surface area (Å²) in [4.78, 5) is 0. The molecule has 0 aromatic rings. The molecule has 0 atom stereocenters. The summed E-state index contributed by atoms with van der Waals surface area (Å²) in [6.45, 7) is 0. The number of hydrogen-bond acceptors (Lipinski definition) is 0. The van der Waals surface area contributed by atoms with Crippen molar-refractivity contribution in [1.29, 1.82) is 0 Å². The minimum Gasteiger partial charge on any atom is -0.147 e. The highest BCUT2D eigenvalue weighted by Gasteiger charge is 2.10. The van der Waals surface area contributed by atoms with Crippen molar-refractivity contribution in [2.45, 2.75) is 4.46 Å². The average molecular weight is 184 g/mol. The molecule has 0 aliphatic heterocycles. The van der Waals surface area contributed by atoms with Gasteiger partial charge in [0.1, 0.15) is 4.46 Å². The summed E-state index contributed by atoms with van der Waals surface area (Å²) in [5.74, 6) is 0. The van der Waals surface area contributed by atoms with Crippen molar-refractivity contribution in [3.63, 3.8) is 0 Å². The second-order valence-electron chi connectivity index (χ2n) is 0.669. The van der Waals surface area contributed by atoms with E-state index < -0.39 is 11.9 Å². The van der Waals surface area contributed by atoms with Crippen LogP contribution in [0.1, 0.15) is 0 Å². The summed E-state index contributed by atoms with van der Waals surface area (Å²) in [5.41, 5.74) is 0. The van der Waals surface area contributed by atoms with Crippen LogP contribution < -0.4 is 0 Å². The van der Waals surface area contributed by atoms with Gasteiger partial charge in [-0.1, -0.05) is 0 Å². The van der Waals surface area contributed by atoms with Gasteiger partial charge in [0.2, 0.25) is 0 Å². The van der Waals surface area contributed by atoms with Crippen molar-refractivity contribution >= 4 is 52.8 Å². The largest absolute Gasteiger partial charge is 0.268 e. The van der Waals surface area contributed by atoms with E-state index in [1.165, 1.54) is 0 Å². The second kappa shape index (κ2) is 3.39. The fourth-order valence-electron chi connectivity index (χ4n) is 0. The van der Waals surface area contributed by atoms with Crippen LogP contribution in [0.3, 0.4) is 0 Å². The van der Waals surface area contributed by atoms with E-state index in [0.29, 0.717) is 0 Å². The first kappa shape index (κ1) is 7.38. The van der Waals surface area contributed by atoms with Crippen LogP contribution in [-0.4, -0.2) is 11.9 Å². The van der Waals surface area contributed by atoms with Gasteiger partial charge in [-0.2, -0.15) is 0 Å². The molecule has 0 aromatic heterocycles. The lowest BCUT2D eigenvalue weighted by Gasteiger charge is -1.92. The molecular weight excluding hydrogens is 182 g/mol. The van der Waals surface area contributed by atoms with Gasteiger partial charge in [0.05, 0.1) is 0 Å². The second-order valence-corrected chi connectivity index (χ2v) is 7.50. The van der Waals surface area contributed by atoms with Crippen LogP contribution in [-0.2, 0) is 0 Å². The Morgan fingerprint density at radius 1 is 1.17 bits per heavy atom. The van der Waals surface area contributed by atoms with Crippen LogP contribution in [0.2, 0.25) is 0 Å². The van der Waals surface area contributed by atoms with E-state index in [9.17, 15) is 0 Å². The van der Waals surface area contributed by atoms with Crippen molar-refractivity contribution < 1.29 is 0 Å². The van der Waals surface area contributed by atoms with Gasteiger partial charge in [0.25, 0.3) is 7.42 Å². The highest BCUT2D eigenvalue weighted by Crippen LogP contribution is 2.12. The maximum Gasteiger partial charge on any atom is 0.268 e. The van der Waals surface area contributed by atoms with Gasteiger partial charge in [-0.05, 0) is 0 Å². The first-order chi connectivity index (χ1) is 2.64. The van der Waals surface area contributed by atoms with E-state index in [2.05, 4.69) is 0 Å². The number of rotatable bonds is 1. The quantitative estimate of drug-likeness (QED) is 0.332. The van der Waals surface area contributed by atoms with Gasteiger partial charge in [0.15, 0.2) is 0 Å². The molecule has 0 rings (SSSR count). The fraction of sp³-hybridized carbons (Fsp3) is 1.00. The normalized spacial score (nSPS) is 11.0. The molecule has 6 heavy (non-hydrogen) atoms. The van der Waals surface area contributed by atoms with Gasteiger partial charge in [0, 0.05) is 0 Å². The summed E-state index contributed by atoms with van der Waals surface area (Å²) in [6.07, 6.45) is 0. The Kier molecular flexibility index (Phi) is 4.17. The molecule has 0 N–H and O–H groups in total. The highest BCUT2D eigenvalue weighted by atomic mass is 35.7. The first-order valence-electron chi connectivity index (χ1n) is 1.21. The highest BCUT2D eigenvalue weighted by molar-refractivity contribution is 7.37. The van der Waals surface area contributed by atoms with Gasteiger partial charge < -0.3 is 0 Å². The zero-order valence-corrected chi connectivity index (χ0v) is 6.84. The van der Waals surface area contributed by atoms with Gasteiger partial charge in [-0.3, -0.25) is 0 Å². The maximum absolute atomic E-state index is 5.25.